The Morgan fingerprint density at radius 1 is 1.38 bits per heavy atom. The highest BCUT2D eigenvalue weighted by atomic mass is 16.1. The Bertz CT molecular complexity index is 388. The third kappa shape index (κ3) is 0.864. The third-order valence-corrected chi connectivity index (χ3v) is 3.31. The molecule has 1 aliphatic heterocycles. The van der Waals surface area contributed by atoms with Gasteiger partial charge >= 0.3 is 0 Å². The lowest BCUT2D eigenvalue weighted by Crippen LogP contribution is -2.34. The zero-order valence-electron chi connectivity index (χ0n) is 8.43. The second-order valence-electron chi connectivity index (χ2n) is 4.21. The van der Waals surface area contributed by atoms with Gasteiger partial charge in [-0.25, -0.2) is 0 Å². The number of aromatic amines is 2. The molecule has 4 heteroatoms. The van der Waals surface area contributed by atoms with Crippen LogP contribution in [0.15, 0.2) is 4.79 Å². The van der Waals surface area contributed by atoms with Gasteiger partial charge in [-0.05, 0) is 27.8 Å². The fourth-order valence-electron chi connectivity index (χ4n) is 2.10. The molecule has 0 amide bonds. The number of H-pyrrole nitrogens is 2. The van der Waals surface area contributed by atoms with Crippen LogP contribution in [0.3, 0.4) is 0 Å². The highest BCUT2D eigenvalue weighted by Crippen LogP contribution is 2.41. The van der Waals surface area contributed by atoms with Crippen LogP contribution < -0.4 is 5.56 Å². The summed E-state index contributed by atoms with van der Waals surface area (Å²) in [5.41, 5.74) is 1.84. The Morgan fingerprint density at radius 2 is 2.00 bits per heavy atom. The number of hydrogen-bond acceptors (Lipinski definition) is 2. The minimum absolute atomic E-state index is 0.0138. The van der Waals surface area contributed by atoms with Crippen molar-refractivity contribution in [1.82, 2.24) is 15.1 Å². The maximum Gasteiger partial charge on any atom is 0.269 e. The molecule has 0 saturated heterocycles. The van der Waals surface area contributed by atoms with E-state index in [1.54, 1.807) is 0 Å². The first kappa shape index (κ1) is 8.56. The van der Waals surface area contributed by atoms with Gasteiger partial charge in [-0.15, -0.1) is 0 Å². The molecule has 0 aromatic carbocycles. The van der Waals surface area contributed by atoms with Gasteiger partial charge in [0.2, 0.25) is 0 Å². The Labute approximate surface area is 76.9 Å². The Hall–Kier alpha value is -1.03. The molecule has 72 valence electrons. The zero-order valence-corrected chi connectivity index (χ0v) is 8.43. The fraction of sp³-hybridized carbons (Fsp3) is 0.667. The van der Waals surface area contributed by atoms with Crippen molar-refractivity contribution in [2.24, 2.45) is 0 Å². The SMILES string of the molecule is CC1c2c([nH][nH]c2=O)C(C)(C)N1C. The number of nitrogens with one attached hydrogen (secondary N) is 2. The summed E-state index contributed by atoms with van der Waals surface area (Å²) in [6.45, 7) is 6.27. The van der Waals surface area contributed by atoms with Gasteiger partial charge in [0.05, 0.1) is 16.8 Å². The lowest BCUT2D eigenvalue weighted by Gasteiger charge is -2.30. The van der Waals surface area contributed by atoms with Crippen LogP contribution in [0.25, 0.3) is 0 Å². The molecule has 0 fully saturated rings. The summed E-state index contributed by atoms with van der Waals surface area (Å²) in [5, 5.41) is 5.60. The van der Waals surface area contributed by atoms with Crippen molar-refractivity contribution in [3.63, 3.8) is 0 Å². The molecule has 0 radical (unpaired) electrons. The fourth-order valence-corrected chi connectivity index (χ4v) is 2.10. The van der Waals surface area contributed by atoms with Gasteiger partial charge in [-0.2, -0.15) is 0 Å². The molecule has 1 aromatic heterocycles. The van der Waals surface area contributed by atoms with E-state index in [0.717, 1.165) is 11.3 Å². The largest absolute Gasteiger partial charge is 0.300 e. The van der Waals surface area contributed by atoms with Crippen molar-refractivity contribution in [2.45, 2.75) is 32.4 Å². The summed E-state index contributed by atoms with van der Waals surface area (Å²) in [4.78, 5) is 13.6. The lowest BCUT2D eigenvalue weighted by atomic mass is 10.0. The highest BCUT2D eigenvalue weighted by molar-refractivity contribution is 5.32. The quantitative estimate of drug-likeness (QED) is 0.626. The average Bonchev–Trinajstić information content (AvgIpc) is 2.50. The van der Waals surface area contributed by atoms with Crippen LogP contribution >= 0.6 is 0 Å². The summed E-state index contributed by atoms with van der Waals surface area (Å²) in [7, 11) is 2.04. The van der Waals surface area contributed by atoms with Crippen molar-refractivity contribution >= 4 is 0 Å². The molecular weight excluding hydrogens is 166 g/mol. The molecule has 2 heterocycles. The van der Waals surface area contributed by atoms with E-state index in [1.165, 1.54) is 0 Å². The molecule has 1 atom stereocenters. The van der Waals surface area contributed by atoms with E-state index >= 15 is 0 Å². The minimum atomic E-state index is -0.0755. The maximum absolute atomic E-state index is 11.4. The molecule has 1 unspecified atom stereocenters. The second kappa shape index (κ2) is 2.26. The van der Waals surface area contributed by atoms with Crippen molar-refractivity contribution < 1.29 is 0 Å². The van der Waals surface area contributed by atoms with Gasteiger partial charge in [0.15, 0.2) is 0 Å². The van der Waals surface area contributed by atoms with Crippen LogP contribution in [0.4, 0.5) is 0 Å². The maximum atomic E-state index is 11.4. The van der Waals surface area contributed by atoms with Gasteiger partial charge < -0.3 is 5.10 Å². The van der Waals surface area contributed by atoms with Gasteiger partial charge in [0.25, 0.3) is 5.56 Å². The topological polar surface area (TPSA) is 51.9 Å². The Balaban J connectivity index is 2.69. The first-order valence-electron chi connectivity index (χ1n) is 4.50. The summed E-state index contributed by atoms with van der Waals surface area (Å²) in [6.07, 6.45) is 0. The number of aromatic nitrogens is 2. The molecule has 2 rings (SSSR count). The highest BCUT2D eigenvalue weighted by Gasteiger charge is 2.42. The Morgan fingerprint density at radius 3 is 2.54 bits per heavy atom. The lowest BCUT2D eigenvalue weighted by molar-refractivity contribution is 0.136. The van der Waals surface area contributed by atoms with Gasteiger partial charge in [-0.3, -0.25) is 14.8 Å². The molecule has 0 aliphatic carbocycles. The van der Waals surface area contributed by atoms with E-state index in [1.807, 2.05) is 7.05 Å². The summed E-state index contributed by atoms with van der Waals surface area (Å²) >= 11 is 0. The average molecular weight is 181 g/mol. The molecule has 13 heavy (non-hydrogen) atoms. The molecule has 1 aliphatic rings. The van der Waals surface area contributed by atoms with Crippen molar-refractivity contribution in [2.75, 3.05) is 7.05 Å². The first-order chi connectivity index (χ1) is 5.96. The Kier molecular flexibility index (Phi) is 1.49. The number of nitrogens with zero attached hydrogens (tertiary/aromatic N) is 1. The van der Waals surface area contributed by atoms with Crippen molar-refractivity contribution in [3.05, 3.63) is 21.6 Å². The predicted molar refractivity (Wildman–Crippen MR) is 50.6 cm³/mol. The minimum Gasteiger partial charge on any atom is -0.300 e. The van der Waals surface area contributed by atoms with Crippen molar-refractivity contribution in [1.29, 1.82) is 0 Å². The van der Waals surface area contributed by atoms with Crippen LogP contribution in [-0.4, -0.2) is 22.1 Å². The summed E-state index contributed by atoms with van der Waals surface area (Å²) in [5.74, 6) is 0. The van der Waals surface area contributed by atoms with Crippen LogP contribution in [-0.2, 0) is 5.54 Å². The van der Waals surface area contributed by atoms with Gasteiger partial charge in [0, 0.05) is 6.04 Å². The molecule has 0 saturated carbocycles. The second-order valence-corrected chi connectivity index (χ2v) is 4.21. The van der Waals surface area contributed by atoms with E-state index in [2.05, 4.69) is 35.9 Å². The molecule has 1 aromatic rings. The van der Waals surface area contributed by atoms with E-state index in [-0.39, 0.29) is 17.1 Å². The number of fused-ring (bicyclic) bond motifs is 1. The van der Waals surface area contributed by atoms with Crippen molar-refractivity contribution in [3.8, 4) is 0 Å². The molecule has 0 bridgehead atoms. The smallest absolute Gasteiger partial charge is 0.269 e. The van der Waals surface area contributed by atoms with Crippen LogP contribution in [0.5, 0.6) is 0 Å². The van der Waals surface area contributed by atoms with E-state index < -0.39 is 0 Å². The summed E-state index contributed by atoms with van der Waals surface area (Å²) in [6, 6.07) is 0.194. The van der Waals surface area contributed by atoms with Gasteiger partial charge in [0.1, 0.15) is 0 Å². The normalized spacial score (nSPS) is 26.3. The summed E-state index contributed by atoms with van der Waals surface area (Å²) < 4.78 is 0. The van der Waals surface area contributed by atoms with Gasteiger partial charge in [-0.1, -0.05) is 0 Å². The molecule has 2 N–H and O–H groups in total. The molecular formula is C9H15N3O. The number of rotatable bonds is 0. The van der Waals surface area contributed by atoms with Crippen LogP contribution in [0.1, 0.15) is 38.1 Å². The van der Waals surface area contributed by atoms with Crippen LogP contribution in [0.2, 0.25) is 0 Å². The predicted octanol–water partition coefficient (Wildman–Crippen LogP) is 0.945. The monoisotopic (exact) mass is 181 g/mol. The zero-order chi connectivity index (χ0) is 9.80. The van der Waals surface area contributed by atoms with Crippen LogP contribution in [0, 0.1) is 0 Å². The third-order valence-electron chi connectivity index (χ3n) is 3.31. The standard InChI is InChI=1S/C9H15N3O/c1-5-6-7(10-11-8(6)13)9(2,3)12(5)4/h5H,1-4H3,(H2,10,11,13). The number of hydrogen-bond donors (Lipinski definition) is 2. The molecule has 0 spiro atoms. The molecule has 4 nitrogen and oxygen atoms in total. The van der Waals surface area contributed by atoms with E-state index in [9.17, 15) is 4.79 Å². The van der Waals surface area contributed by atoms with E-state index in [0.29, 0.717) is 0 Å². The first-order valence-corrected chi connectivity index (χ1v) is 4.50. The van der Waals surface area contributed by atoms with E-state index in [4.69, 9.17) is 0 Å².